The van der Waals surface area contributed by atoms with Gasteiger partial charge in [0, 0.05) is 54.6 Å². The maximum absolute atomic E-state index is 12.9. The Morgan fingerprint density at radius 2 is 1.31 bits per heavy atom. The summed E-state index contributed by atoms with van der Waals surface area (Å²) in [5.74, 6) is -0.0359. The standard InChI is InChI=1S/C30H40N4O/c1-8-33(20(3)4)25-14-10-23(11-15-25)18-27-22(7)30(28(31)19-29(27)35)32-24-12-16-26(17-13-24)34(9-2)21(5)6/h10-17,19-21H,8-9,18,31H2,1-7H3. The number of carbonyl (C=O) groups excluding carboxylic acids is 1. The van der Waals surface area contributed by atoms with Crippen LogP contribution in [0.2, 0.25) is 0 Å². The summed E-state index contributed by atoms with van der Waals surface area (Å²) in [4.78, 5) is 22.4. The van der Waals surface area contributed by atoms with E-state index in [1.54, 1.807) is 0 Å². The summed E-state index contributed by atoms with van der Waals surface area (Å²) in [6, 6.07) is 17.6. The topological polar surface area (TPSA) is 61.9 Å². The average Bonchev–Trinajstić information content (AvgIpc) is 2.82. The van der Waals surface area contributed by atoms with Crippen LogP contribution < -0.4 is 15.5 Å². The zero-order valence-corrected chi connectivity index (χ0v) is 22.3. The van der Waals surface area contributed by atoms with Crippen LogP contribution in [0.1, 0.15) is 54.0 Å². The van der Waals surface area contributed by atoms with Crippen molar-refractivity contribution in [1.29, 1.82) is 0 Å². The van der Waals surface area contributed by atoms with E-state index in [0.717, 1.165) is 35.5 Å². The third-order valence-electron chi connectivity index (χ3n) is 6.66. The summed E-state index contributed by atoms with van der Waals surface area (Å²) < 4.78 is 0. The Kier molecular flexibility index (Phi) is 8.55. The van der Waals surface area contributed by atoms with Gasteiger partial charge in [-0.3, -0.25) is 4.79 Å². The summed E-state index contributed by atoms with van der Waals surface area (Å²) >= 11 is 0. The molecule has 2 N–H and O–H groups in total. The van der Waals surface area contributed by atoms with Crippen LogP contribution in [0.3, 0.4) is 0 Å². The summed E-state index contributed by atoms with van der Waals surface area (Å²) in [6.45, 7) is 16.9. The van der Waals surface area contributed by atoms with E-state index in [-0.39, 0.29) is 5.78 Å². The summed E-state index contributed by atoms with van der Waals surface area (Å²) in [6.07, 6.45) is 2.07. The fraction of sp³-hybridized carbons (Fsp3) is 0.400. The highest BCUT2D eigenvalue weighted by Gasteiger charge is 2.23. The minimum atomic E-state index is -0.0359. The van der Waals surface area contributed by atoms with Gasteiger partial charge in [0.05, 0.1) is 17.1 Å². The molecule has 0 aromatic heterocycles. The Hall–Kier alpha value is -3.34. The van der Waals surface area contributed by atoms with Gasteiger partial charge in [-0.1, -0.05) is 12.1 Å². The van der Waals surface area contributed by atoms with Gasteiger partial charge in [0.15, 0.2) is 5.78 Å². The van der Waals surface area contributed by atoms with Crippen LogP contribution in [0.15, 0.2) is 76.4 Å². The van der Waals surface area contributed by atoms with Crippen LogP contribution in [-0.4, -0.2) is 36.7 Å². The quantitative estimate of drug-likeness (QED) is 0.441. The van der Waals surface area contributed by atoms with Gasteiger partial charge in [-0.25, -0.2) is 4.99 Å². The molecule has 1 aliphatic rings. The third-order valence-corrected chi connectivity index (χ3v) is 6.66. The number of anilines is 2. The number of carbonyl (C=O) groups is 1. The Morgan fingerprint density at radius 3 is 1.77 bits per heavy atom. The van der Waals surface area contributed by atoms with E-state index in [4.69, 9.17) is 10.7 Å². The first kappa shape index (κ1) is 26.3. The highest BCUT2D eigenvalue weighted by Crippen LogP contribution is 2.27. The van der Waals surface area contributed by atoms with Crippen molar-refractivity contribution >= 4 is 28.6 Å². The monoisotopic (exact) mass is 472 g/mol. The van der Waals surface area contributed by atoms with Gasteiger partial charge in [0.1, 0.15) is 0 Å². The molecule has 35 heavy (non-hydrogen) atoms. The van der Waals surface area contributed by atoms with Crippen LogP contribution >= 0.6 is 0 Å². The average molecular weight is 473 g/mol. The molecule has 186 valence electrons. The molecule has 0 aliphatic heterocycles. The van der Waals surface area contributed by atoms with Crippen LogP contribution in [0, 0.1) is 0 Å². The molecular formula is C30H40N4O. The molecule has 0 amide bonds. The minimum absolute atomic E-state index is 0.0359. The first-order valence-electron chi connectivity index (χ1n) is 12.7. The van der Waals surface area contributed by atoms with Gasteiger partial charge in [0.25, 0.3) is 0 Å². The van der Waals surface area contributed by atoms with E-state index in [2.05, 4.69) is 87.7 Å². The number of nitrogens with zero attached hydrogens (tertiary/aromatic N) is 3. The van der Waals surface area contributed by atoms with Crippen molar-refractivity contribution in [2.45, 2.75) is 67.0 Å². The van der Waals surface area contributed by atoms with Crippen molar-refractivity contribution in [2.24, 2.45) is 10.7 Å². The van der Waals surface area contributed by atoms with Gasteiger partial charge >= 0.3 is 0 Å². The lowest BCUT2D eigenvalue weighted by Gasteiger charge is -2.27. The van der Waals surface area contributed by atoms with Gasteiger partial charge in [-0.2, -0.15) is 0 Å². The lowest BCUT2D eigenvalue weighted by atomic mass is 9.89. The molecule has 0 radical (unpaired) electrons. The third kappa shape index (κ3) is 6.02. The molecule has 0 saturated carbocycles. The van der Waals surface area contributed by atoms with Gasteiger partial charge in [-0.15, -0.1) is 0 Å². The first-order valence-corrected chi connectivity index (χ1v) is 12.7. The highest BCUT2D eigenvalue weighted by molar-refractivity contribution is 6.24. The Labute approximate surface area is 211 Å². The molecule has 0 unspecified atom stereocenters. The number of ketones is 1. The van der Waals surface area contributed by atoms with Gasteiger partial charge in [0.2, 0.25) is 0 Å². The zero-order valence-electron chi connectivity index (χ0n) is 22.3. The summed E-state index contributed by atoms with van der Waals surface area (Å²) in [7, 11) is 0. The molecule has 5 heteroatoms. The maximum atomic E-state index is 12.9. The molecule has 2 aromatic carbocycles. The second-order valence-electron chi connectivity index (χ2n) is 9.65. The van der Waals surface area contributed by atoms with Crippen molar-refractivity contribution in [3.63, 3.8) is 0 Å². The van der Waals surface area contributed by atoms with Crippen LogP contribution in [-0.2, 0) is 11.2 Å². The fourth-order valence-electron chi connectivity index (χ4n) is 4.76. The number of nitrogens with two attached hydrogens (primary N) is 1. The number of aliphatic imine (C=N–C) groups is 1. The minimum Gasteiger partial charge on any atom is -0.397 e. The summed E-state index contributed by atoms with van der Waals surface area (Å²) in [5, 5.41) is 0. The van der Waals surface area contributed by atoms with Gasteiger partial charge < -0.3 is 15.5 Å². The van der Waals surface area contributed by atoms with E-state index in [1.165, 1.54) is 17.5 Å². The largest absolute Gasteiger partial charge is 0.397 e. The lowest BCUT2D eigenvalue weighted by Crippen LogP contribution is -2.30. The number of hydrogen-bond acceptors (Lipinski definition) is 5. The van der Waals surface area contributed by atoms with Crippen molar-refractivity contribution in [2.75, 3.05) is 22.9 Å². The van der Waals surface area contributed by atoms with E-state index < -0.39 is 0 Å². The predicted molar refractivity (Wildman–Crippen MR) is 150 cm³/mol. The van der Waals surface area contributed by atoms with Crippen molar-refractivity contribution in [1.82, 2.24) is 0 Å². The number of hydrogen-bond donors (Lipinski definition) is 1. The second-order valence-corrected chi connectivity index (χ2v) is 9.65. The first-order chi connectivity index (χ1) is 16.7. The number of rotatable bonds is 9. The fourth-order valence-corrected chi connectivity index (χ4v) is 4.76. The Balaban J connectivity index is 1.87. The normalized spacial score (nSPS) is 15.3. The SMILES string of the molecule is CCN(c1ccc(CC2=C(C)C(=Nc3ccc(N(CC)C(C)C)cc3)C(N)=CC2=O)cc1)C(C)C. The Bertz CT molecular complexity index is 1120. The molecular weight excluding hydrogens is 432 g/mol. The van der Waals surface area contributed by atoms with E-state index in [9.17, 15) is 4.79 Å². The molecule has 2 aromatic rings. The van der Waals surface area contributed by atoms with E-state index in [1.807, 2.05) is 19.1 Å². The van der Waals surface area contributed by atoms with E-state index in [0.29, 0.717) is 29.9 Å². The molecule has 0 heterocycles. The van der Waals surface area contributed by atoms with Crippen molar-refractivity contribution in [3.05, 3.63) is 77.0 Å². The van der Waals surface area contributed by atoms with Gasteiger partial charge in [-0.05, 0) is 96.0 Å². The molecule has 0 bridgehead atoms. The molecule has 1 aliphatic carbocycles. The van der Waals surface area contributed by atoms with Crippen LogP contribution in [0.25, 0.3) is 0 Å². The molecule has 5 nitrogen and oxygen atoms in total. The molecule has 0 atom stereocenters. The molecule has 0 fully saturated rings. The number of allylic oxidation sites excluding steroid dienone is 3. The summed E-state index contributed by atoms with van der Waals surface area (Å²) in [5.41, 5.74) is 13.2. The lowest BCUT2D eigenvalue weighted by molar-refractivity contribution is -0.111. The Morgan fingerprint density at radius 1 is 0.829 bits per heavy atom. The van der Waals surface area contributed by atoms with Crippen molar-refractivity contribution in [3.8, 4) is 0 Å². The molecule has 3 rings (SSSR count). The highest BCUT2D eigenvalue weighted by atomic mass is 16.1. The maximum Gasteiger partial charge on any atom is 0.184 e. The zero-order chi connectivity index (χ0) is 25.7. The van der Waals surface area contributed by atoms with Crippen molar-refractivity contribution < 1.29 is 4.79 Å². The second kappa shape index (κ2) is 11.4. The number of benzene rings is 2. The molecule has 0 saturated heterocycles. The smallest absolute Gasteiger partial charge is 0.184 e. The molecule has 0 spiro atoms. The van der Waals surface area contributed by atoms with E-state index >= 15 is 0 Å². The van der Waals surface area contributed by atoms with Crippen LogP contribution in [0.4, 0.5) is 17.1 Å². The predicted octanol–water partition coefficient (Wildman–Crippen LogP) is 6.21. The van der Waals surface area contributed by atoms with Crippen LogP contribution in [0.5, 0.6) is 0 Å².